The zero-order chi connectivity index (χ0) is 15.7. The molecular formula is C17H18N2O3. The van der Waals surface area contributed by atoms with Crippen LogP contribution in [0.1, 0.15) is 34.4 Å². The molecule has 1 aliphatic rings. The Hall–Kier alpha value is -2.56. The molecule has 3 rings (SSSR count). The van der Waals surface area contributed by atoms with E-state index in [-0.39, 0.29) is 11.8 Å². The van der Waals surface area contributed by atoms with Gasteiger partial charge in [-0.2, -0.15) is 0 Å². The lowest BCUT2D eigenvalue weighted by Crippen LogP contribution is -2.26. The molecule has 0 spiro atoms. The fourth-order valence-electron chi connectivity index (χ4n) is 2.82. The van der Waals surface area contributed by atoms with E-state index in [4.69, 9.17) is 4.42 Å². The first-order valence-electron chi connectivity index (χ1n) is 7.30. The fourth-order valence-corrected chi connectivity index (χ4v) is 2.82. The molecule has 1 aliphatic heterocycles. The normalized spacial score (nSPS) is 13.1. The molecule has 0 bridgehead atoms. The number of benzene rings is 1. The van der Waals surface area contributed by atoms with E-state index in [0.29, 0.717) is 25.1 Å². The lowest BCUT2D eigenvalue weighted by atomic mass is 10.0. The second kappa shape index (κ2) is 5.67. The molecule has 0 aliphatic carbocycles. The number of aryl methyl sites for hydroxylation is 1. The van der Waals surface area contributed by atoms with Crippen molar-refractivity contribution in [3.63, 3.8) is 0 Å². The average Bonchev–Trinajstić information content (AvgIpc) is 3.10. The van der Waals surface area contributed by atoms with E-state index in [1.807, 2.05) is 31.2 Å². The van der Waals surface area contributed by atoms with Gasteiger partial charge < -0.3 is 14.6 Å². The van der Waals surface area contributed by atoms with Gasteiger partial charge in [0, 0.05) is 24.7 Å². The quantitative estimate of drug-likeness (QED) is 0.946. The number of furan rings is 1. The van der Waals surface area contributed by atoms with Gasteiger partial charge in [0.25, 0.3) is 5.91 Å². The summed E-state index contributed by atoms with van der Waals surface area (Å²) in [6.45, 7) is 4.39. The Morgan fingerprint density at radius 2 is 2.09 bits per heavy atom. The van der Waals surface area contributed by atoms with E-state index < -0.39 is 0 Å². The molecule has 114 valence electrons. The summed E-state index contributed by atoms with van der Waals surface area (Å²) < 4.78 is 5.44. The number of hydrogen-bond donors (Lipinski definition) is 1. The molecule has 0 radical (unpaired) electrons. The summed E-state index contributed by atoms with van der Waals surface area (Å²) in [5.41, 5.74) is 2.41. The van der Waals surface area contributed by atoms with Crippen LogP contribution < -0.4 is 10.2 Å². The van der Waals surface area contributed by atoms with E-state index in [1.165, 1.54) is 0 Å². The first-order chi connectivity index (χ1) is 10.6. The summed E-state index contributed by atoms with van der Waals surface area (Å²) in [6, 6.07) is 9.21. The largest absolute Gasteiger partial charge is 0.465 e. The molecule has 2 amide bonds. The summed E-state index contributed by atoms with van der Waals surface area (Å²) in [7, 11) is 0. The van der Waals surface area contributed by atoms with Crippen molar-refractivity contribution in [1.29, 1.82) is 0 Å². The van der Waals surface area contributed by atoms with Crippen LogP contribution in [0, 0.1) is 6.92 Å². The SMILES string of the molecule is CC(=O)N1CCc2c(C(=O)NCc3ccc(C)o3)cccc21. The number of nitrogens with zero attached hydrogens (tertiary/aromatic N) is 1. The predicted molar refractivity (Wildman–Crippen MR) is 82.8 cm³/mol. The lowest BCUT2D eigenvalue weighted by Gasteiger charge is -2.15. The molecular weight excluding hydrogens is 280 g/mol. The lowest BCUT2D eigenvalue weighted by molar-refractivity contribution is -0.116. The summed E-state index contributed by atoms with van der Waals surface area (Å²) in [5.74, 6) is 1.41. The number of rotatable bonds is 3. The third kappa shape index (κ3) is 2.62. The van der Waals surface area contributed by atoms with E-state index in [2.05, 4.69) is 5.32 Å². The summed E-state index contributed by atoms with van der Waals surface area (Å²) in [5, 5.41) is 2.87. The minimum Gasteiger partial charge on any atom is -0.465 e. The van der Waals surface area contributed by atoms with Crippen molar-refractivity contribution in [2.75, 3.05) is 11.4 Å². The van der Waals surface area contributed by atoms with Gasteiger partial charge in [-0.15, -0.1) is 0 Å². The molecule has 0 saturated heterocycles. The van der Waals surface area contributed by atoms with Crippen molar-refractivity contribution in [2.24, 2.45) is 0 Å². The summed E-state index contributed by atoms with van der Waals surface area (Å²) in [4.78, 5) is 25.7. The first kappa shape index (κ1) is 14.4. The van der Waals surface area contributed by atoms with Crippen molar-refractivity contribution in [3.8, 4) is 0 Å². The van der Waals surface area contributed by atoms with Crippen LogP contribution in [-0.2, 0) is 17.8 Å². The Morgan fingerprint density at radius 1 is 1.27 bits per heavy atom. The van der Waals surface area contributed by atoms with Gasteiger partial charge in [-0.25, -0.2) is 0 Å². The number of anilines is 1. The van der Waals surface area contributed by atoms with E-state index in [9.17, 15) is 9.59 Å². The van der Waals surface area contributed by atoms with Crippen molar-refractivity contribution in [2.45, 2.75) is 26.8 Å². The highest BCUT2D eigenvalue weighted by Crippen LogP contribution is 2.30. The Balaban J connectivity index is 1.78. The standard InChI is InChI=1S/C17H18N2O3/c1-11-6-7-13(22-11)10-18-17(21)15-4-3-5-16-14(15)8-9-19(16)12(2)20/h3-7H,8-10H2,1-2H3,(H,18,21). The summed E-state index contributed by atoms with van der Waals surface area (Å²) in [6.07, 6.45) is 0.707. The van der Waals surface area contributed by atoms with Crippen LogP contribution in [0.25, 0.3) is 0 Å². The van der Waals surface area contributed by atoms with Gasteiger partial charge in [-0.05, 0) is 43.2 Å². The van der Waals surface area contributed by atoms with Gasteiger partial charge in [-0.1, -0.05) is 6.07 Å². The maximum Gasteiger partial charge on any atom is 0.252 e. The maximum absolute atomic E-state index is 12.4. The zero-order valence-electron chi connectivity index (χ0n) is 12.7. The van der Waals surface area contributed by atoms with Gasteiger partial charge in [0.15, 0.2) is 0 Å². The summed E-state index contributed by atoms with van der Waals surface area (Å²) >= 11 is 0. The second-order valence-corrected chi connectivity index (χ2v) is 5.42. The third-order valence-corrected chi connectivity index (χ3v) is 3.87. The highest BCUT2D eigenvalue weighted by atomic mass is 16.3. The Bertz CT molecular complexity index is 733. The topological polar surface area (TPSA) is 62.6 Å². The Morgan fingerprint density at radius 3 is 2.77 bits per heavy atom. The van der Waals surface area contributed by atoms with Crippen LogP contribution in [0.3, 0.4) is 0 Å². The molecule has 5 heteroatoms. The van der Waals surface area contributed by atoms with Crippen LogP contribution in [-0.4, -0.2) is 18.4 Å². The van der Waals surface area contributed by atoms with Crippen molar-refractivity contribution >= 4 is 17.5 Å². The van der Waals surface area contributed by atoms with Crippen LogP contribution in [0.15, 0.2) is 34.7 Å². The number of carbonyl (C=O) groups is 2. The number of amides is 2. The van der Waals surface area contributed by atoms with E-state index in [1.54, 1.807) is 17.9 Å². The van der Waals surface area contributed by atoms with Crippen LogP contribution in [0.4, 0.5) is 5.69 Å². The number of hydrogen-bond acceptors (Lipinski definition) is 3. The van der Waals surface area contributed by atoms with Crippen molar-refractivity contribution < 1.29 is 14.0 Å². The highest BCUT2D eigenvalue weighted by Gasteiger charge is 2.26. The highest BCUT2D eigenvalue weighted by molar-refractivity contribution is 6.01. The molecule has 0 fully saturated rings. The minimum absolute atomic E-state index is 0.00219. The second-order valence-electron chi connectivity index (χ2n) is 5.42. The smallest absolute Gasteiger partial charge is 0.252 e. The minimum atomic E-state index is -0.142. The van der Waals surface area contributed by atoms with Gasteiger partial charge >= 0.3 is 0 Å². The van der Waals surface area contributed by atoms with Gasteiger partial charge in [0.1, 0.15) is 11.5 Å². The molecule has 5 nitrogen and oxygen atoms in total. The third-order valence-electron chi connectivity index (χ3n) is 3.87. The molecule has 22 heavy (non-hydrogen) atoms. The fraction of sp³-hybridized carbons (Fsp3) is 0.294. The number of fused-ring (bicyclic) bond motifs is 1. The van der Waals surface area contributed by atoms with Crippen LogP contribution >= 0.6 is 0 Å². The van der Waals surface area contributed by atoms with Gasteiger partial charge in [-0.3, -0.25) is 9.59 Å². The molecule has 1 aromatic carbocycles. The number of nitrogens with one attached hydrogen (secondary N) is 1. The van der Waals surface area contributed by atoms with Crippen LogP contribution in [0.5, 0.6) is 0 Å². The molecule has 0 saturated carbocycles. The van der Waals surface area contributed by atoms with Gasteiger partial charge in [0.05, 0.1) is 6.54 Å². The number of carbonyl (C=O) groups excluding carboxylic acids is 2. The Kier molecular flexibility index (Phi) is 3.71. The van der Waals surface area contributed by atoms with E-state index in [0.717, 1.165) is 22.8 Å². The molecule has 0 unspecified atom stereocenters. The Labute approximate surface area is 128 Å². The van der Waals surface area contributed by atoms with Crippen molar-refractivity contribution in [1.82, 2.24) is 5.32 Å². The molecule has 2 heterocycles. The average molecular weight is 298 g/mol. The maximum atomic E-state index is 12.4. The monoisotopic (exact) mass is 298 g/mol. The molecule has 0 atom stereocenters. The van der Waals surface area contributed by atoms with Crippen LogP contribution in [0.2, 0.25) is 0 Å². The predicted octanol–water partition coefficient (Wildman–Crippen LogP) is 2.43. The van der Waals surface area contributed by atoms with Crippen molar-refractivity contribution in [3.05, 3.63) is 53.0 Å². The molecule has 1 N–H and O–H groups in total. The molecule has 1 aromatic heterocycles. The zero-order valence-corrected chi connectivity index (χ0v) is 12.7. The molecule has 2 aromatic rings. The van der Waals surface area contributed by atoms with E-state index >= 15 is 0 Å². The first-order valence-corrected chi connectivity index (χ1v) is 7.30. The van der Waals surface area contributed by atoms with Gasteiger partial charge in [0.2, 0.25) is 5.91 Å².